The molecule has 0 aliphatic carbocycles. The molecule has 0 unspecified atom stereocenters. The smallest absolute Gasteiger partial charge is 0.318 e. The van der Waals surface area contributed by atoms with E-state index in [0.29, 0.717) is 6.54 Å². The first-order chi connectivity index (χ1) is 9.04. The second-order valence-corrected chi connectivity index (χ2v) is 5.00. The van der Waals surface area contributed by atoms with Crippen LogP contribution in [0.5, 0.6) is 0 Å². The average Bonchev–Trinajstić information content (AvgIpc) is 2.42. The van der Waals surface area contributed by atoms with Crippen LogP contribution < -0.4 is 5.32 Å². The van der Waals surface area contributed by atoms with Gasteiger partial charge in [-0.3, -0.25) is 0 Å². The van der Waals surface area contributed by atoms with E-state index in [4.69, 9.17) is 0 Å². The predicted octanol–water partition coefficient (Wildman–Crippen LogP) is 3.92. The molecule has 1 rings (SSSR count). The van der Waals surface area contributed by atoms with Gasteiger partial charge in [0, 0.05) is 18.8 Å². The van der Waals surface area contributed by atoms with Crippen molar-refractivity contribution in [2.24, 2.45) is 0 Å². The van der Waals surface area contributed by atoms with E-state index in [9.17, 15) is 4.79 Å². The van der Waals surface area contributed by atoms with Crippen molar-refractivity contribution in [3.63, 3.8) is 0 Å². The van der Waals surface area contributed by atoms with Crippen LogP contribution in [0.3, 0.4) is 0 Å². The van der Waals surface area contributed by atoms with Crippen molar-refractivity contribution in [3.8, 4) is 0 Å². The molecule has 1 aromatic carbocycles. The number of amides is 2. The zero-order valence-corrected chi connectivity index (χ0v) is 12.3. The summed E-state index contributed by atoms with van der Waals surface area (Å²) in [7, 11) is 0. The van der Waals surface area contributed by atoms with E-state index in [2.05, 4.69) is 12.2 Å². The Morgan fingerprint density at radius 1 is 1.32 bits per heavy atom. The van der Waals surface area contributed by atoms with Gasteiger partial charge in [-0.05, 0) is 32.8 Å². The third kappa shape index (κ3) is 5.16. The Bertz CT molecular complexity index is 424. The molecule has 1 N–H and O–H groups in total. The zero-order chi connectivity index (χ0) is 14.3. The Hall–Kier alpha value is -1.77. The molecule has 0 heterocycles. The molecule has 0 fully saturated rings. The van der Waals surface area contributed by atoms with Crippen LogP contribution in [0.25, 0.3) is 0 Å². The zero-order valence-electron chi connectivity index (χ0n) is 12.3. The number of urea groups is 1. The number of benzene rings is 1. The fourth-order valence-electron chi connectivity index (χ4n) is 1.64. The minimum atomic E-state index is -0.0494. The number of rotatable bonds is 5. The topological polar surface area (TPSA) is 32.3 Å². The monoisotopic (exact) mass is 260 g/mol. The predicted molar refractivity (Wildman–Crippen MR) is 79.7 cm³/mol. The van der Waals surface area contributed by atoms with Crippen molar-refractivity contribution < 1.29 is 4.79 Å². The molecular formula is C16H24N2O. The van der Waals surface area contributed by atoms with Gasteiger partial charge < -0.3 is 10.2 Å². The minimum absolute atomic E-state index is 0.0494. The Morgan fingerprint density at radius 2 is 1.95 bits per heavy atom. The maximum Gasteiger partial charge on any atom is 0.321 e. The summed E-state index contributed by atoms with van der Waals surface area (Å²) in [5.41, 5.74) is 2.30. The van der Waals surface area contributed by atoms with Crippen molar-refractivity contribution in [1.29, 1.82) is 0 Å². The third-order valence-corrected chi connectivity index (χ3v) is 3.08. The molecule has 3 heteroatoms. The molecule has 1 aromatic rings. The first kappa shape index (κ1) is 15.3. The Labute approximate surface area is 116 Å². The van der Waals surface area contributed by atoms with Gasteiger partial charge in [-0.1, -0.05) is 42.8 Å². The summed E-state index contributed by atoms with van der Waals surface area (Å²) in [6, 6.07) is 10.2. The molecule has 104 valence electrons. The number of allylic oxidation sites excluding steroid dienone is 1. The molecule has 0 aliphatic rings. The van der Waals surface area contributed by atoms with Gasteiger partial charge in [-0.25, -0.2) is 4.79 Å². The molecule has 2 amide bonds. The van der Waals surface area contributed by atoms with Gasteiger partial charge in [0.15, 0.2) is 0 Å². The van der Waals surface area contributed by atoms with E-state index in [1.54, 1.807) is 6.20 Å². The average molecular weight is 260 g/mol. The summed E-state index contributed by atoms with van der Waals surface area (Å²) in [5, 5.41) is 2.86. The van der Waals surface area contributed by atoms with Gasteiger partial charge in [-0.15, -0.1) is 0 Å². The lowest BCUT2D eigenvalue weighted by Gasteiger charge is -2.26. The molecule has 0 saturated carbocycles. The summed E-state index contributed by atoms with van der Waals surface area (Å²) in [5.74, 6) is 0. The van der Waals surface area contributed by atoms with Gasteiger partial charge >= 0.3 is 6.03 Å². The van der Waals surface area contributed by atoms with Crippen molar-refractivity contribution in [2.75, 3.05) is 0 Å². The highest BCUT2D eigenvalue weighted by atomic mass is 16.2. The quantitative estimate of drug-likeness (QED) is 0.855. The van der Waals surface area contributed by atoms with Crippen LogP contribution in [0.15, 0.2) is 42.1 Å². The van der Waals surface area contributed by atoms with Gasteiger partial charge in [0.05, 0.1) is 0 Å². The highest BCUT2D eigenvalue weighted by molar-refractivity contribution is 5.75. The highest BCUT2D eigenvalue weighted by Crippen LogP contribution is 2.08. The van der Waals surface area contributed by atoms with Gasteiger partial charge in [0.1, 0.15) is 0 Å². The summed E-state index contributed by atoms with van der Waals surface area (Å²) in [6.07, 6.45) is 2.74. The largest absolute Gasteiger partial charge is 0.321 e. The van der Waals surface area contributed by atoms with E-state index in [1.807, 2.05) is 56.0 Å². The third-order valence-electron chi connectivity index (χ3n) is 3.08. The molecule has 0 bridgehead atoms. The number of hydrogen-bond donors (Lipinski definition) is 1. The summed E-state index contributed by atoms with van der Waals surface area (Å²) in [4.78, 5) is 14.0. The van der Waals surface area contributed by atoms with Crippen molar-refractivity contribution in [1.82, 2.24) is 10.2 Å². The summed E-state index contributed by atoms with van der Waals surface area (Å²) in [6.45, 7) is 8.76. The molecule has 0 radical (unpaired) electrons. The number of carbonyl (C=O) groups is 1. The molecule has 0 saturated heterocycles. The standard InChI is InChI=1S/C16H24N2O/c1-5-14(4)11-17-16(19)18(13(2)3)12-15-9-7-6-8-10-15/h6-11,13H,5,12H2,1-4H3,(H,17,19)/b14-11+. The van der Waals surface area contributed by atoms with E-state index in [0.717, 1.165) is 17.6 Å². The van der Waals surface area contributed by atoms with E-state index in [-0.39, 0.29) is 12.1 Å². The van der Waals surface area contributed by atoms with Crippen LogP contribution in [0.2, 0.25) is 0 Å². The molecule has 3 nitrogen and oxygen atoms in total. The lowest BCUT2D eigenvalue weighted by molar-refractivity contribution is 0.183. The lowest BCUT2D eigenvalue weighted by atomic mass is 10.2. The van der Waals surface area contributed by atoms with Crippen LogP contribution in [0, 0.1) is 0 Å². The van der Waals surface area contributed by atoms with Crippen molar-refractivity contribution in [2.45, 2.75) is 46.7 Å². The summed E-state index contributed by atoms with van der Waals surface area (Å²) < 4.78 is 0. The number of hydrogen-bond acceptors (Lipinski definition) is 1. The van der Waals surface area contributed by atoms with Crippen molar-refractivity contribution in [3.05, 3.63) is 47.7 Å². The summed E-state index contributed by atoms with van der Waals surface area (Å²) >= 11 is 0. The first-order valence-corrected chi connectivity index (χ1v) is 6.81. The number of nitrogens with zero attached hydrogens (tertiary/aromatic N) is 1. The Balaban J connectivity index is 2.70. The maximum absolute atomic E-state index is 12.2. The second-order valence-electron chi connectivity index (χ2n) is 5.00. The fourth-order valence-corrected chi connectivity index (χ4v) is 1.64. The molecule has 19 heavy (non-hydrogen) atoms. The van der Waals surface area contributed by atoms with Gasteiger partial charge in [-0.2, -0.15) is 0 Å². The van der Waals surface area contributed by atoms with E-state index in [1.165, 1.54) is 0 Å². The Morgan fingerprint density at radius 3 is 2.47 bits per heavy atom. The van der Waals surface area contributed by atoms with E-state index >= 15 is 0 Å². The van der Waals surface area contributed by atoms with Crippen LogP contribution in [-0.2, 0) is 6.54 Å². The van der Waals surface area contributed by atoms with Crippen LogP contribution in [0.1, 0.15) is 39.7 Å². The molecule has 0 aromatic heterocycles. The number of carbonyl (C=O) groups excluding carboxylic acids is 1. The first-order valence-electron chi connectivity index (χ1n) is 6.81. The highest BCUT2D eigenvalue weighted by Gasteiger charge is 2.16. The van der Waals surface area contributed by atoms with Crippen LogP contribution in [-0.4, -0.2) is 17.0 Å². The van der Waals surface area contributed by atoms with Gasteiger partial charge in [0.25, 0.3) is 0 Å². The second kappa shape index (κ2) is 7.62. The Kier molecular flexibility index (Phi) is 6.13. The molecule has 0 aliphatic heterocycles. The van der Waals surface area contributed by atoms with Crippen LogP contribution in [0.4, 0.5) is 4.79 Å². The molecular weight excluding hydrogens is 236 g/mol. The van der Waals surface area contributed by atoms with Crippen molar-refractivity contribution >= 4 is 6.03 Å². The fraction of sp³-hybridized carbons (Fsp3) is 0.438. The number of nitrogens with one attached hydrogen (secondary N) is 1. The maximum atomic E-state index is 12.2. The minimum Gasteiger partial charge on any atom is -0.318 e. The molecule has 0 atom stereocenters. The SMILES string of the molecule is CC/C(C)=C/NC(=O)N(Cc1ccccc1)C(C)C. The lowest BCUT2D eigenvalue weighted by Crippen LogP contribution is -2.41. The van der Waals surface area contributed by atoms with Gasteiger partial charge in [0.2, 0.25) is 0 Å². The van der Waals surface area contributed by atoms with E-state index < -0.39 is 0 Å². The van der Waals surface area contributed by atoms with Crippen LogP contribution >= 0.6 is 0 Å². The molecule has 0 spiro atoms. The normalized spacial score (nSPS) is 11.5.